The maximum absolute atomic E-state index is 11.9. The van der Waals surface area contributed by atoms with Gasteiger partial charge in [0.25, 0.3) is 0 Å². The van der Waals surface area contributed by atoms with Crippen molar-refractivity contribution in [2.75, 3.05) is 13.7 Å². The fraction of sp³-hybridized carbons (Fsp3) is 0.571. The summed E-state index contributed by atoms with van der Waals surface area (Å²) in [6, 6.07) is 4.12. The van der Waals surface area contributed by atoms with E-state index in [0.717, 1.165) is 12.8 Å². The maximum atomic E-state index is 11.9. The second kappa shape index (κ2) is 7.28. The molecule has 1 aromatic rings. The van der Waals surface area contributed by atoms with Crippen LogP contribution in [0.5, 0.6) is 0 Å². The average Bonchev–Trinajstić information content (AvgIpc) is 3.14. The zero-order valence-electron chi connectivity index (χ0n) is 11.6. The highest BCUT2D eigenvalue weighted by Gasteiger charge is 2.28. The fourth-order valence-electron chi connectivity index (χ4n) is 2.63. The average molecular weight is 296 g/mol. The Morgan fingerprint density at radius 1 is 1.45 bits per heavy atom. The van der Waals surface area contributed by atoms with Crippen LogP contribution < -0.4 is 10.6 Å². The van der Waals surface area contributed by atoms with Gasteiger partial charge >= 0.3 is 6.09 Å². The third-order valence-corrected chi connectivity index (χ3v) is 4.57. The van der Waals surface area contributed by atoms with Gasteiger partial charge < -0.3 is 15.4 Å². The molecule has 1 heterocycles. The van der Waals surface area contributed by atoms with Gasteiger partial charge in [-0.2, -0.15) is 0 Å². The summed E-state index contributed by atoms with van der Waals surface area (Å²) in [7, 11) is 1.28. The molecule has 0 bridgehead atoms. The number of rotatable bonds is 5. The third-order valence-electron chi connectivity index (χ3n) is 3.62. The van der Waals surface area contributed by atoms with Crippen LogP contribution in [0.2, 0.25) is 0 Å². The lowest BCUT2D eigenvalue weighted by atomic mass is 9.96. The molecule has 0 aromatic carbocycles. The molecule has 1 aliphatic carbocycles. The SMILES string of the molecule is COC(=O)NCC(=O)NC(c1cccs1)C1CCCC1. The zero-order chi connectivity index (χ0) is 14.4. The van der Waals surface area contributed by atoms with Crippen LogP contribution in [-0.4, -0.2) is 25.7 Å². The van der Waals surface area contributed by atoms with E-state index >= 15 is 0 Å². The number of hydrogen-bond donors (Lipinski definition) is 2. The summed E-state index contributed by atoms with van der Waals surface area (Å²) in [4.78, 5) is 24.1. The first kappa shape index (κ1) is 14.8. The number of nitrogens with one attached hydrogen (secondary N) is 2. The molecule has 2 amide bonds. The van der Waals surface area contributed by atoms with Gasteiger partial charge in [0.2, 0.25) is 5.91 Å². The lowest BCUT2D eigenvalue weighted by Crippen LogP contribution is -2.40. The van der Waals surface area contributed by atoms with Gasteiger partial charge in [0.1, 0.15) is 6.54 Å². The number of hydrogen-bond acceptors (Lipinski definition) is 4. The summed E-state index contributed by atoms with van der Waals surface area (Å²) in [6.07, 6.45) is 4.15. The number of carbonyl (C=O) groups is 2. The fourth-order valence-corrected chi connectivity index (χ4v) is 3.50. The van der Waals surface area contributed by atoms with E-state index in [1.165, 1.54) is 24.8 Å². The van der Waals surface area contributed by atoms with Crippen LogP contribution in [0.3, 0.4) is 0 Å². The first-order valence-electron chi connectivity index (χ1n) is 6.85. The minimum absolute atomic E-state index is 0.0543. The molecule has 1 atom stereocenters. The molecule has 1 saturated carbocycles. The van der Waals surface area contributed by atoms with E-state index in [1.54, 1.807) is 11.3 Å². The monoisotopic (exact) mass is 296 g/mol. The van der Waals surface area contributed by atoms with Gasteiger partial charge in [-0.05, 0) is 30.2 Å². The first-order chi connectivity index (χ1) is 9.70. The molecular weight excluding hydrogens is 276 g/mol. The minimum Gasteiger partial charge on any atom is -0.453 e. The number of methoxy groups -OCH3 is 1. The minimum atomic E-state index is -0.589. The molecule has 1 fully saturated rings. The third kappa shape index (κ3) is 3.96. The van der Waals surface area contributed by atoms with Crippen LogP contribution >= 0.6 is 11.3 Å². The predicted molar refractivity (Wildman–Crippen MR) is 77.6 cm³/mol. The topological polar surface area (TPSA) is 67.4 Å². The molecule has 0 aliphatic heterocycles. The van der Waals surface area contributed by atoms with Gasteiger partial charge in [-0.1, -0.05) is 18.9 Å². The van der Waals surface area contributed by atoms with E-state index in [9.17, 15) is 9.59 Å². The molecule has 1 unspecified atom stereocenters. The number of thiophene rings is 1. The van der Waals surface area contributed by atoms with E-state index in [-0.39, 0.29) is 18.5 Å². The van der Waals surface area contributed by atoms with Crippen LogP contribution in [-0.2, 0) is 9.53 Å². The highest BCUT2D eigenvalue weighted by atomic mass is 32.1. The largest absolute Gasteiger partial charge is 0.453 e. The highest BCUT2D eigenvalue weighted by Crippen LogP contribution is 2.37. The van der Waals surface area contributed by atoms with E-state index in [1.807, 2.05) is 11.4 Å². The van der Waals surface area contributed by atoms with E-state index in [2.05, 4.69) is 21.4 Å². The van der Waals surface area contributed by atoms with Crippen molar-refractivity contribution in [3.63, 3.8) is 0 Å². The summed E-state index contributed by atoms with van der Waals surface area (Å²) >= 11 is 1.66. The number of amides is 2. The summed E-state index contributed by atoms with van der Waals surface area (Å²) in [6.45, 7) is -0.0543. The van der Waals surface area contributed by atoms with Crippen molar-refractivity contribution >= 4 is 23.3 Å². The number of alkyl carbamates (subject to hydrolysis) is 1. The lowest BCUT2D eigenvalue weighted by molar-refractivity contribution is -0.121. The quantitative estimate of drug-likeness (QED) is 0.877. The van der Waals surface area contributed by atoms with Gasteiger partial charge in [0, 0.05) is 4.88 Å². The van der Waals surface area contributed by atoms with Gasteiger partial charge in [0.15, 0.2) is 0 Å². The smallest absolute Gasteiger partial charge is 0.407 e. The maximum Gasteiger partial charge on any atom is 0.407 e. The molecular formula is C14H20N2O3S. The van der Waals surface area contributed by atoms with Gasteiger partial charge in [-0.25, -0.2) is 4.79 Å². The number of ether oxygens (including phenoxy) is 1. The Morgan fingerprint density at radius 2 is 2.20 bits per heavy atom. The van der Waals surface area contributed by atoms with Crippen LogP contribution in [0.4, 0.5) is 4.79 Å². The molecule has 20 heavy (non-hydrogen) atoms. The highest BCUT2D eigenvalue weighted by molar-refractivity contribution is 7.10. The van der Waals surface area contributed by atoms with Gasteiger partial charge in [-0.15, -0.1) is 11.3 Å². The van der Waals surface area contributed by atoms with Crippen molar-refractivity contribution in [1.29, 1.82) is 0 Å². The first-order valence-corrected chi connectivity index (χ1v) is 7.73. The summed E-state index contributed by atoms with van der Waals surface area (Å²) in [5.74, 6) is 0.316. The van der Waals surface area contributed by atoms with Crippen molar-refractivity contribution in [2.45, 2.75) is 31.7 Å². The number of carbonyl (C=O) groups excluding carboxylic acids is 2. The molecule has 6 heteroatoms. The summed E-state index contributed by atoms with van der Waals surface area (Å²) in [5, 5.41) is 7.47. The Labute approximate surface area is 122 Å². The van der Waals surface area contributed by atoms with Gasteiger partial charge in [0.05, 0.1) is 13.2 Å². The van der Waals surface area contributed by atoms with Gasteiger partial charge in [-0.3, -0.25) is 4.79 Å². The molecule has 0 saturated heterocycles. The molecule has 0 spiro atoms. The van der Waals surface area contributed by atoms with Crippen molar-refractivity contribution < 1.29 is 14.3 Å². The Kier molecular flexibility index (Phi) is 5.40. The summed E-state index contributed by atoms with van der Waals surface area (Å²) < 4.78 is 4.45. The molecule has 0 radical (unpaired) electrons. The normalized spacial score (nSPS) is 16.6. The van der Waals surface area contributed by atoms with E-state index in [4.69, 9.17) is 0 Å². The Hall–Kier alpha value is -1.56. The van der Waals surface area contributed by atoms with Crippen molar-refractivity contribution in [2.24, 2.45) is 5.92 Å². The van der Waals surface area contributed by atoms with Crippen LogP contribution in [0, 0.1) is 5.92 Å². The van der Waals surface area contributed by atoms with Crippen LogP contribution in [0.1, 0.15) is 36.6 Å². The van der Waals surface area contributed by atoms with Crippen LogP contribution in [0.15, 0.2) is 17.5 Å². The molecule has 1 aromatic heterocycles. The molecule has 5 nitrogen and oxygen atoms in total. The van der Waals surface area contributed by atoms with Crippen LogP contribution in [0.25, 0.3) is 0 Å². The molecule has 1 aliphatic rings. The van der Waals surface area contributed by atoms with Crippen molar-refractivity contribution in [1.82, 2.24) is 10.6 Å². The predicted octanol–water partition coefficient (Wildman–Crippen LogP) is 2.45. The Bertz CT molecular complexity index is 441. The van der Waals surface area contributed by atoms with E-state index < -0.39 is 6.09 Å². The lowest BCUT2D eigenvalue weighted by Gasteiger charge is -2.23. The molecule has 110 valence electrons. The second-order valence-electron chi connectivity index (χ2n) is 4.95. The van der Waals surface area contributed by atoms with Crippen molar-refractivity contribution in [3.05, 3.63) is 22.4 Å². The standard InChI is InChI=1S/C14H20N2O3S/c1-19-14(18)15-9-12(17)16-13(10-5-2-3-6-10)11-7-4-8-20-11/h4,7-8,10,13H,2-3,5-6,9H2,1H3,(H,15,18)(H,16,17). The van der Waals surface area contributed by atoms with Crippen molar-refractivity contribution in [3.8, 4) is 0 Å². The molecule has 2 N–H and O–H groups in total. The molecule has 2 rings (SSSR count). The summed E-state index contributed by atoms with van der Waals surface area (Å²) in [5.41, 5.74) is 0. The Balaban J connectivity index is 1.93. The Morgan fingerprint density at radius 3 is 2.80 bits per heavy atom. The zero-order valence-corrected chi connectivity index (χ0v) is 12.4. The van der Waals surface area contributed by atoms with E-state index in [0.29, 0.717) is 5.92 Å². The second-order valence-corrected chi connectivity index (χ2v) is 5.93.